The van der Waals surface area contributed by atoms with Crippen molar-refractivity contribution in [2.45, 2.75) is 128 Å². The molecule has 0 unspecified atom stereocenters. The quantitative estimate of drug-likeness (QED) is 0.219. The lowest BCUT2D eigenvalue weighted by atomic mass is 9.91. The van der Waals surface area contributed by atoms with Crippen LogP contribution in [0, 0.1) is 0 Å². The summed E-state index contributed by atoms with van der Waals surface area (Å²) in [5.74, 6) is -1.13. The fraction of sp³-hybridized carbons (Fsp3) is 0.815. The summed E-state index contributed by atoms with van der Waals surface area (Å²) in [6.45, 7) is 8.99. The molecule has 0 aliphatic heterocycles. The first-order chi connectivity index (χ1) is 17.1. The molecule has 9 nitrogen and oxygen atoms in total. The molecule has 0 radical (unpaired) electrons. The largest absolute Gasteiger partial charge is 0.480 e. The second-order valence-electron chi connectivity index (χ2n) is 10.7. The molecule has 9 heteroatoms. The van der Waals surface area contributed by atoms with Crippen LogP contribution in [0.4, 0.5) is 9.59 Å². The van der Waals surface area contributed by atoms with E-state index in [-0.39, 0.29) is 13.0 Å². The van der Waals surface area contributed by atoms with E-state index < -0.39 is 29.8 Å². The maximum absolute atomic E-state index is 11.6. The first kappa shape index (κ1) is 31.7. The van der Waals surface area contributed by atoms with Crippen LogP contribution in [0.15, 0.2) is 12.7 Å². The third-order valence-corrected chi connectivity index (χ3v) is 6.19. The van der Waals surface area contributed by atoms with Gasteiger partial charge in [0.1, 0.15) is 18.2 Å². The Morgan fingerprint density at radius 1 is 0.944 bits per heavy atom. The number of carbonyl (C=O) groups excluding carboxylic acids is 2. The van der Waals surface area contributed by atoms with Gasteiger partial charge in [-0.15, -0.1) is 0 Å². The summed E-state index contributed by atoms with van der Waals surface area (Å²) >= 11 is 0. The minimum atomic E-state index is -1.13. The SMILES string of the molecule is C1CCC(NC2CCCCC2)CC1.C=CCOC(=O)NCCCC[C@H](NC(=O)OC(C)(C)C)C(=O)O. The number of ether oxygens (including phenoxy) is 2. The van der Waals surface area contributed by atoms with Gasteiger partial charge in [-0.25, -0.2) is 14.4 Å². The summed E-state index contributed by atoms with van der Waals surface area (Å²) in [4.78, 5) is 33.8. The first-order valence-corrected chi connectivity index (χ1v) is 13.6. The van der Waals surface area contributed by atoms with E-state index in [2.05, 4.69) is 22.5 Å². The molecule has 0 saturated heterocycles. The highest BCUT2D eigenvalue weighted by Crippen LogP contribution is 2.22. The number of carbonyl (C=O) groups is 3. The number of carboxylic acids is 1. The maximum Gasteiger partial charge on any atom is 0.408 e. The molecular formula is C27H49N3O6. The summed E-state index contributed by atoms with van der Waals surface area (Å²) < 4.78 is 9.74. The van der Waals surface area contributed by atoms with Gasteiger partial charge in [-0.05, 0) is 65.7 Å². The zero-order chi connectivity index (χ0) is 26.8. The molecular weight excluding hydrogens is 462 g/mol. The number of nitrogens with one attached hydrogen (secondary N) is 3. The third-order valence-electron chi connectivity index (χ3n) is 6.19. The Balaban J connectivity index is 0.000000414. The fourth-order valence-corrected chi connectivity index (χ4v) is 4.43. The van der Waals surface area contributed by atoms with Gasteiger partial charge in [0.2, 0.25) is 0 Å². The summed E-state index contributed by atoms with van der Waals surface area (Å²) in [6, 6.07) is 0.714. The van der Waals surface area contributed by atoms with E-state index in [0.717, 1.165) is 12.1 Å². The van der Waals surface area contributed by atoms with Crippen LogP contribution in [0.5, 0.6) is 0 Å². The number of alkyl carbamates (subject to hydrolysis) is 2. The van der Waals surface area contributed by atoms with Crippen molar-refractivity contribution in [1.29, 1.82) is 0 Å². The average Bonchev–Trinajstić information content (AvgIpc) is 2.82. The van der Waals surface area contributed by atoms with Gasteiger partial charge >= 0.3 is 18.2 Å². The summed E-state index contributed by atoms with van der Waals surface area (Å²) in [7, 11) is 0. The standard InChI is InChI=1S/C15H26N2O6.C12H23N/c1-5-10-22-13(20)16-9-7-6-8-11(12(18)19)17-14(21)23-15(2,3)4;1-3-7-11(8-4-1)13-12-9-5-2-6-10-12/h5,11H,1,6-10H2,2-4H3,(H,16,20)(H,17,21)(H,18,19);11-13H,1-10H2/t11-;/m0./s1. The number of carboxylic acid groups (broad SMARTS) is 1. The van der Waals surface area contributed by atoms with Gasteiger partial charge in [-0.2, -0.15) is 0 Å². The van der Waals surface area contributed by atoms with Gasteiger partial charge < -0.3 is 30.5 Å². The highest BCUT2D eigenvalue weighted by atomic mass is 16.6. The summed E-state index contributed by atoms with van der Waals surface area (Å²) in [5.41, 5.74) is -0.692. The molecule has 2 saturated carbocycles. The van der Waals surface area contributed by atoms with E-state index in [9.17, 15) is 14.4 Å². The van der Waals surface area contributed by atoms with E-state index in [4.69, 9.17) is 14.6 Å². The van der Waals surface area contributed by atoms with Gasteiger partial charge in [0.05, 0.1) is 0 Å². The van der Waals surface area contributed by atoms with Gasteiger partial charge in [0.15, 0.2) is 0 Å². The second kappa shape index (κ2) is 18.0. The van der Waals surface area contributed by atoms with E-state index in [1.165, 1.54) is 70.3 Å². The monoisotopic (exact) mass is 511 g/mol. The Labute approximate surface area is 217 Å². The minimum absolute atomic E-state index is 0.132. The molecule has 2 fully saturated rings. The van der Waals surface area contributed by atoms with Gasteiger partial charge in [-0.1, -0.05) is 51.2 Å². The van der Waals surface area contributed by atoms with Crippen LogP contribution in [-0.2, 0) is 14.3 Å². The van der Waals surface area contributed by atoms with Crippen molar-refractivity contribution in [2.24, 2.45) is 0 Å². The molecule has 4 N–H and O–H groups in total. The van der Waals surface area contributed by atoms with Crippen molar-refractivity contribution in [3.8, 4) is 0 Å². The maximum atomic E-state index is 11.6. The smallest absolute Gasteiger partial charge is 0.408 e. The Morgan fingerprint density at radius 2 is 1.50 bits per heavy atom. The highest BCUT2D eigenvalue weighted by molar-refractivity contribution is 5.79. The third kappa shape index (κ3) is 16.4. The molecule has 1 atom stereocenters. The molecule has 0 spiro atoms. The van der Waals surface area contributed by atoms with E-state index in [0.29, 0.717) is 19.4 Å². The van der Waals surface area contributed by atoms with Crippen molar-refractivity contribution < 1.29 is 29.0 Å². The number of rotatable bonds is 11. The molecule has 0 aromatic heterocycles. The zero-order valence-electron chi connectivity index (χ0n) is 22.6. The first-order valence-electron chi connectivity index (χ1n) is 13.6. The highest BCUT2D eigenvalue weighted by Gasteiger charge is 2.23. The number of hydrogen-bond donors (Lipinski definition) is 4. The average molecular weight is 512 g/mol. The van der Waals surface area contributed by atoms with Crippen LogP contribution in [0.2, 0.25) is 0 Å². The van der Waals surface area contributed by atoms with E-state index in [1.807, 2.05) is 0 Å². The Morgan fingerprint density at radius 3 is 1.97 bits per heavy atom. The molecule has 0 aromatic rings. The van der Waals surface area contributed by atoms with Crippen molar-refractivity contribution >= 4 is 18.2 Å². The minimum Gasteiger partial charge on any atom is -0.480 e. The van der Waals surface area contributed by atoms with Crippen LogP contribution in [0.25, 0.3) is 0 Å². The molecule has 2 aliphatic rings. The molecule has 0 heterocycles. The van der Waals surface area contributed by atoms with Crippen molar-refractivity contribution in [3.05, 3.63) is 12.7 Å². The number of unbranched alkanes of at least 4 members (excludes halogenated alkanes) is 1. The van der Waals surface area contributed by atoms with Crippen LogP contribution in [0.3, 0.4) is 0 Å². The van der Waals surface area contributed by atoms with E-state index >= 15 is 0 Å². The van der Waals surface area contributed by atoms with Crippen LogP contribution < -0.4 is 16.0 Å². The van der Waals surface area contributed by atoms with Crippen LogP contribution in [0.1, 0.15) is 104 Å². The number of hydrogen-bond acceptors (Lipinski definition) is 6. The summed E-state index contributed by atoms with van der Waals surface area (Å²) in [5, 5.41) is 17.8. The predicted molar refractivity (Wildman–Crippen MR) is 141 cm³/mol. The van der Waals surface area contributed by atoms with E-state index in [1.54, 1.807) is 20.8 Å². The molecule has 208 valence electrons. The van der Waals surface area contributed by atoms with Crippen molar-refractivity contribution in [2.75, 3.05) is 13.2 Å². The fourth-order valence-electron chi connectivity index (χ4n) is 4.43. The molecule has 2 amide bonds. The Kier molecular flexibility index (Phi) is 15.9. The zero-order valence-corrected chi connectivity index (χ0v) is 22.6. The van der Waals surface area contributed by atoms with Gasteiger partial charge in [-0.3, -0.25) is 0 Å². The molecule has 2 rings (SSSR count). The number of amides is 2. The number of aliphatic carboxylic acids is 1. The topological polar surface area (TPSA) is 126 Å². The van der Waals surface area contributed by atoms with Gasteiger partial charge in [0.25, 0.3) is 0 Å². The Hall–Kier alpha value is -2.29. The summed E-state index contributed by atoms with van der Waals surface area (Å²) in [6.07, 6.45) is 16.0. The second-order valence-corrected chi connectivity index (χ2v) is 10.7. The lowest BCUT2D eigenvalue weighted by molar-refractivity contribution is -0.139. The normalized spacial score (nSPS) is 17.6. The van der Waals surface area contributed by atoms with Gasteiger partial charge in [0, 0.05) is 18.6 Å². The molecule has 0 bridgehead atoms. The van der Waals surface area contributed by atoms with Crippen LogP contribution >= 0.6 is 0 Å². The Bertz CT molecular complexity index is 636. The molecule has 2 aliphatic carbocycles. The van der Waals surface area contributed by atoms with Crippen LogP contribution in [-0.4, -0.2) is 60.1 Å². The van der Waals surface area contributed by atoms with Crippen molar-refractivity contribution in [1.82, 2.24) is 16.0 Å². The lowest BCUT2D eigenvalue weighted by Gasteiger charge is -2.30. The molecule has 36 heavy (non-hydrogen) atoms. The molecule has 0 aromatic carbocycles. The lowest BCUT2D eigenvalue weighted by Crippen LogP contribution is -2.43. The van der Waals surface area contributed by atoms with Crippen molar-refractivity contribution in [3.63, 3.8) is 0 Å². The predicted octanol–water partition coefficient (Wildman–Crippen LogP) is 5.29.